The summed E-state index contributed by atoms with van der Waals surface area (Å²) in [7, 11) is 0. The van der Waals surface area contributed by atoms with E-state index in [-0.39, 0.29) is 57.6 Å². The van der Waals surface area contributed by atoms with Crippen LogP contribution in [0.15, 0.2) is 48.0 Å². The summed E-state index contributed by atoms with van der Waals surface area (Å²) in [4.78, 5) is 41.8. The van der Waals surface area contributed by atoms with E-state index in [2.05, 4.69) is 16.9 Å². The van der Waals surface area contributed by atoms with Crippen LogP contribution in [0.4, 0.5) is 14.5 Å². The molecule has 3 N–H and O–H groups in total. The maximum atomic E-state index is 15.1. The van der Waals surface area contributed by atoms with Gasteiger partial charge in [-0.25, -0.2) is 13.8 Å². The molecular weight excluding hydrogens is 503 g/mol. The molecule has 1 aliphatic rings. The molecule has 0 radical (unpaired) electrons. The molecule has 35 heavy (non-hydrogen) atoms. The predicted molar refractivity (Wildman–Crippen MR) is 128 cm³/mol. The highest BCUT2D eigenvalue weighted by Crippen LogP contribution is 2.43. The van der Waals surface area contributed by atoms with Crippen LogP contribution in [0, 0.1) is 11.6 Å². The van der Waals surface area contributed by atoms with Crippen molar-refractivity contribution in [3.63, 3.8) is 0 Å². The fourth-order valence-electron chi connectivity index (χ4n) is 4.32. The summed E-state index contributed by atoms with van der Waals surface area (Å²) in [6, 6.07) is 4.89. The van der Waals surface area contributed by atoms with Gasteiger partial charge >= 0.3 is 0 Å². The Morgan fingerprint density at radius 3 is 2.69 bits per heavy atom. The minimum Gasteiger partial charge on any atom is -0.373 e. The number of primary amides is 1. The van der Waals surface area contributed by atoms with Crippen molar-refractivity contribution in [2.75, 3.05) is 18.4 Å². The first-order valence-corrected chi connectivity index (χ1v) is 11.1. The molecule has 2 amide bonds. The van der Waals surface area contributed by atoms with Gasteiger partial charge in [0, 0.05) is 24.3 Å². The summed E-state index contributed by atoms with van der Waals surface area (Å²) in [6.45, 7) is 3.24. The van der Waals surface area contributed by atoms with E-state index in [9.17, 15) is 18.8 Å². The summed E-state index contributed by atoms with van der Waals surface area (Å²) in [5.74, 6) is -2.65. The quantitative estimate of drug-likeness (QED) is 0.382. The third-order valence-corrected chi connectivity index (χ3v) is 6.67. The molecule has 1 fully saturated rings. The number of carbonyl (C=O) groups excluding carboxylic acids is 2. The number of aromatic nitrogens is 2. The molecule has 1 saturated heterocycles. The number of nitrogens with two attached hydrogens (primary N) is 1. The van der Waals surface area contributed by atoms with Crippen LogP contribution < -0.4 is 16.6 Å². The van der Waals surface area contributed by atoms with Crippen LogP contribution in [0.5, 0.6) is 0 Å². The standard InChI is InChI=1S/C23H19Cl2F2N5O3/c1-2-18(34)31-6-5-23(10-31,19-15(26)4-3-14(24)20(19)25)30-12-7-13-21(16(27)8-12)29-11-32(22(13)35)9-17(28)33/h2-4,7-8,11,30H,1,5-6,9-10H2,(H2,28,33)/t23-/m1/s1. The molecule has 4 rings (SSSR count). The van der Waals surface area contributed by atoms with E-state index >= 15 is 4.39 Å². The molecule has 1 aliphatic heterocycles. The fraction of sp³-hybridized carbons (Fsp3) is 0.217. The molecule has 2 heterocycles. The van der Waals surface area contributed by atoms with E-state index in [4.69, 9.17) is 28.9 Å². The van der Waals surface area contributed by atoms with E-state index in [1.165, 1.54) is 17.0 Å². The average Bonchev–Trinajstić information content (AvgIpc) is 3.22. The highest BCUT2D eigenvalue weighted by Gasteiger charge is 2.44. The molecule has 8 nitrogen and oxygen atoms in total. The number of hydrogen-bond donors (Lipinski definition) is 2. The summed E-state index contributed by atoms with van der Waals surface area (Å²) in [6.07, 6.45) is 2.36. The largest absolute Gasteiger partial charge is 0.373 e. The van der Waals surface area contributed by atoms with Gasteiger partial charge in [-0.05, 0) is 36.8 Å². The van der Waals surface area contributed by atoms with Crippen LogP contribution in [0.3, 0.4) is 0 Å². The van der Waals surface area contributed by atoms with E-state index in [1.54, 1.807) is 0 Å². The molecule has 1 aromatic heterocycles. The van der Waals surface area contributed by atoms with Crippen LogP contribution in [0.2, 0.25) is 10.0 Å². The molecule has 182 valence electrons. The van der Waals surface area contributed by atoms with Gasteiger partial charge in [-0.15, -0.1) is 0 Å². The number of carbonyl (C=O) groups is 2. The molecule has 0 unspecified atom stereocenters. The first-order chi connectivity index (χ1) is 16.6. The third kappa shape index (κ3) is 4.46. The predicted octanol–water partition coefficient (Wildman–Crippen LogP) is 3.19. The lowest BCUT2D eigenvalue weighted by atomic mass is 9.87. The minimum absolute atomic E-state index is 0.00357. The number of nitrogens with zero attached hydrogens (tertiary/aromatic N) is 3. The number of hydrogen-bond acceptors (Lipinski definition) is 5. The van der Waals surface area contributed by atoms with Crippen LogP contribution >= 0.6 is 23.2 Å². The maximum Gasteiger partial charge on any atom is 0.261 e. The number of likely N-dealkylation sites (tertiary alicyclic amines) is 1. The number of fused-ring (bicyclic) bond motifs is 1. The van der Waals surface area contributed by atoms with Crippen molar-refractivity contribution in [2.24, 2.45) is 5.73 Å². The van der Waals surface area contributed by atoms with E-state index in [0.29, 0.717) is 0 Å². The zero-order valence-corrected chi connectivity index (χ0v) is 19.7. The van der Waals surface area contributed by atoms with Crippen LogP contribution in [-0.2, 0) is 21.7 Å². The average molecular weight is 522 g/mol. The van der Waals surface area contributed by atoms with Crippen molar-refractivity contribution in [3.8, 4) is 0 Å². The second-order valence-corrected chi connectivity index (χ2v) is 8.92. The van der Waals surface area contributed by atoms with Gasteiger partial charge in [-0.3, -0.25) is 19.0 Å². The van der Waals surface area contributed by atoms with Crippen molar-refractivity contribution >= 4 is 51.6 Å². The van der Waals surface area contributed by atoms with Gasteiger partial charge in [0.15, 0.2) is 5.82 Å². The van der Waals surface area contributed by atoms with Gasteiger partial charge in [-0.1, -0.05) is 29.8 Å². The Bertz CT molecular complexity index is 1440. The smallest absolute Gasteiger partial charge is 0.261 e. The second kappa shape index (κ2) is 9.27. The molecule has 0 bridgehead atoms. The zero-order valence-electron chi connectivity index (χ0n) is 18.2. The van der Waals surface area contributed by atoms with Crippen molar-refractivity contribution in [3.05, 3.63) is 80.8 Å². The molecule has 1 atom stereocenters. The summed E-state index contributed by atoms with van der Waals surface area (Å²) < 4.78 is 31.0. The monoisotopic (exact) mass is 521 g/mol. The number of anilines is 1. The zero-order chi connectivity index (χ0) is 25.5. The Kier molecular flexibility index (Phi) is 6.52. The molecule has 0 saturated carbocycles. The maximum absolute atomic E-state index is 15.1. The van der Waals surface area contributed by atoms with Crippen molar-refractivity contribution in [1.82, 2.24) is 14.5 Å². The van der Waals surface area contributed by atoms with Crippen molar-refractivity contribution in [2.45, 2.75) is 18.5 Å². The van der Waals surface area contributed by atoms with Crippen LogP contribution in [0.1, 0.15) is 12.0 Å². The minimum atomic E-state index is -1.31. The molecule has 0 spiro atoms. The van der Waals surface area contributed by atoms with Crippen LogP contribution in [0.25, 0.3) is 10.9 Å². The van der Waals surface area contributed by atoms with Gasteiger partial charge in [0.05, 0.1) is 27.3 Å². The SMILES string of the molecule is C=CC(=O)N1CC[C@](Nc2cc(F)c3ncn(CC(N)=O)c(=O)c3c2)(c2c(F)ccc(Cl)c2Cl)C1. The molecular formula is C23H19Cl2F2N5O3. The molecule has 3 aromatic rings. The van der Waals surface area contributed by atoms with Crippen molar-refractivity contribution in [1.29, 1.82) is 0 Å². The lowest BCUT2D eigenvalue weighted by Crippen LogP contribution is -2.41. The van der Waals surface area contributed by atoms with Gasteiger partial charge in [-0.2, -0.15) is 0 Å². The number of halogens is 4. The summed E-state index contributed by atoms with van der Waals surface area (Å²) in [5.41, 5.74) is 3.07. The Hall–Kier alpha value is -3.50. The third-order valence-electron chi connectivity index (χ3n) is 5.87. The lowest BCUT2D eigenvalue weighted by Gasteiger charge is -2.33. The van der Waals surface area contributed by atoms with Gasteiger partial charge in [0.25, 0.3) is 5.56 Å². The first kappa shape index (κ1) is 24.6. The summed E-state index contributed by atoms with van der Waals surface area (Å²) >= 11 is 12.6. The van der Waals surface area contributed by atoms with Gasteiger partial charge in [0.1, 0.15) is 17.9 Å². The Balaban J connectivity index is 1.87. The van der Waals surface area contributed by atoms with Crippen molar-refractivity contribution < 1.29 is 18.4 Å². The summed E-state index contributed by atoms with van der Waals surface area (Å²) in [5, 5.41) is 3.01. The van der Waals surface area contributed by atoms with Gasteiger partial charge < -0.3 is 16.0 Å². The van der Waals surface area contributed by atoms with E-state index in [1.807, 2.05) is 0 Å². The number of rotatable bonds is 6. The number of benzene rings is 2. The van der Waals surface area contributed by atoms with E-state index in [0.717, 1.165) is 29.1 Å². The molecule has 2 aromatic carbocycles. The Morgan fingerprint density at radius 2 is 2.00 bits per heavy atom. The molecule has 12 heteroatoms. The highest BCUT2D eigenvalue weighted by molar-refractivity contribution is 6.42. The number of amides is 2. The van der Waals surface area contributed by atoms with Gasteiger partial charge in [0.2, 0.25) is 11.8 Å². The first-order valence-electron chi connectivity index (χ1n) is 10.4. The lowest BCUT2D eigenvalue weighted by molar-refractivity contribution is -0.125. The van der Waals surface area contributed by atoms with Crippen LogP contribution in [-0.4, -0.2) is 39.4 Å². The number of nitrogens with one attached hydrogen (secondary N) is 1. The fourth-order valence-corrected chi connectivity index (χ4v) is 4.81. The highest BCUT2D eigenvalue weighted by atomic mass is 35.5. The normalized spacial score (nSPS) is 17.5. The second-order valence-electron chi connectivity index (χ2n) is 8.14. The Morgan fingerprint density at radius 1 is 1.26 bits per heavy atom. The Labute approximate surface area is 207 Å². The topological polar surface area (TPSA) is 110 Å². The van der Waals surface area contributed by atoms with E-state index < -0.39 is 35.2 Å². The molecule has 0 aliphatic carbocycles.